The summed E-state index contributed by atoms with van der Waals surface area (Å²) in [6.45, 7) is 1.71. The fourth-order valence-electron chi connectivity index (χ4n) is 2.76. The molecule has 1 N–H and O–H groups in total. The molecule has 1 aromatic heterocycles. The number of methoxy groups -OCH3 is 1. The summed E-state index contributed by atoms with van der Waals surface area (Å²) in [4.78, 5) is 42.5. The van der Waals surface area contributed by atoms with E-state index in [0.29, 0.717) is 53.7 Å². The molecule has 144 valence electrons. The van der Waals surface area contributed by atoms with Crippen molar-refractivity contribution < 1.29 is 14.3 Å². The van der Waals surface area contributed by atoms with Crippen molar-refractivity contribution >= 4 is 46.2 Å². The number of ether oxygens (including phenoxy) is 1. The van der Waals surface area contributed by atoms with E-state index in [4.69, 9.17) is 16.3 Å². The van der Waals surface area contributed by atoms with Crippen molar-refractivity contribution in [3.63, 3.8) is 0 Å². The number of rotatable bonds is 7. The van der Waals surface area contributed by atoms with Crippen molar-refractivity contribution in [3.05, 3.63) is 33.6 Å². The van der Waals surface area contributed by atoms with Gasteiger partial charge in [-0.2, -0.15) is 0 Å². The second kappa shape index (κ2) is 8.73. The minimum Gasteiger partial charge on any atom is -0.385 e. The molecule has 0 saturated carbocycles. The maximum Gasteiger partial charge on any atom is 0.324 e. The van der Waals surface area contributed by atoms with E-state index in [9.17, 15) is 14.4 Å². The number of hydrogen-bond acceptors (Lipinski definition) is 6. The fraction of sp³-hybridized carbons (Fsp3) is 0.412. The largest absolute Gasteiger partial charge is 0.385 e. The number of thioether (sulfide) groups is 1. The molecule has 1 aliphatic rings. The van der Waals surface area contributed by atoms with Gasteiger partial charge in [0.05, 0.1) is 16.7 Å². The fourth-order valence-corrected chi connectivity index (χ4v) is 3.83. The molecule has 10 heteroatoms. The third-order valence-electron chi connectivity index (χ3n) is 4.10. The molecular weight excluding hydrogens is 392 g/mol. The molecule has 0 radical (unpaired) electrons. The lowest BCUT2D eigenvalue weighted by molar-refractivity contribution is -0.124. The molecule has 27 heavy (non-hydrogen) atoms. The number of hydrogen-bond donors (Lipinski definition) is 1. The molecule has 0 unspecified atom stereocenters. The molecule has 0 aliphatic carbocycles. The summed E-state index contributed by atoms with van der Waals surface area (Å²) >= 11 is 7.15. The van der Waals surface area contributed by atoms with Crippen LogP contribution in [-0.4, -0.2) is 58.9 Å². The van der Waals surface area contributed by atoms with Gasteiger partial charge in [0.2, 0.25) is 5.91 Å². The zero-order chi connectivity index (χ0) is 19.4. The number of carbonyl (C=O) groups is 2. The van der Waals surface area contributed by atoms with Crippen LogP contribution in [-0.2, 0) is 16.1 Å². The molecule has 8 nitrogen and oxygen atoms in total. The number of benzene rings is 1. The van der Waals surface area contributed by atoms with E-state index in [2.05, 4.69) is 10.3 Å². The lowest BCUT2D eigenvalue weighted by atomic mass is 10.2. The van der Waals surface area contributed by atoms with Gasteiger partial charge < -0.3 is 10.1 Å². The zero-order valence-electron chi connectivity index (χ0n) is 14.7. The third-order valence-corrected chi connectivity index (χ3v) is 5.29. The summed E-state index contributed by atoms with van der Waals surface area (Å²) in [5.74, 6) is -0.310. The number of amides is 3. The highest BCUT2D eigenvalue weighted by Gasteiger charge is 2.26. The van der Waals surface area contributed by atoms with Gasteiger partial charge in [-0.25, -0.2) is 9.78 Å². The molecule has 1 aliphatic heterocycles. The molecule has 0 atom stereocenters. The molecule has 0 spiro atoms. The number of urea groups is 1. The van der Waals surface area contributed by atoms with Crippen molar-refractivity contribution in [1.82, 2.24) is 19.8 Å². The molecule has 2 heterocycles. The van der Waals surface area contributed by atoms with Crippen LogP contribution >= 0.6 is 23.4 Å². The summed E-state index contributed by atoms with van der Waals surface area (Å²) in [7, 11) is 1.60. The Morgan fingerprint density at radius 1 is 1.41 bits per heavy atom. The van der Waals surface area contributed by atoms with E-state index in [1.54, 1.807) is 25.3 Å². The summed E-state index contributed by atoms with van der Waals surface area (Å²) < 4.78 is 6.60. The van der Waals surface area contributed by atoms with Crippen molar-refractivity contribution in [3.8, 4) is 0 Å². The third kappa shape index (κ3) is 4.42. The Labute approximate surface area is 164 Å². The summed E-state index contributed by atoms with van der Waals surface area (Å²) in [6.07, 6.45) is 0.632. The van der Waals surface area contributed by atoms with Crippen LogP contribution in [0.5, 0.6) is 0 Å². The van der Waals surface area contributed by atoms with Crippen LogP contribution in [0.15, 0.2) is 28.2 Å². The molecule has 0 bridgehead atoms. The number of imide groups is 1. The maximum atomic E-state index is 12.9. The van der Waals surface area contributed by atoms with Crippen LogP contribution in [0.4, 0.5) is 4.79 Å². The highest BCUT2D eigenvalue weighted by molar-refractivity contribution is 7.99. The Morgan fingerprint density at radius 3 is 2.93 bits per heavy atom. The normalized spacial score (nSPS) is 14.0. The SMILES string of the molecule is COCCCn1c(SCC(=O)N2CCNC2=O)nc2cc(Cl)ccc2c1=O. The van der Waals surface area contributed by atoms with Gasteiger partial charge >= 0.3 is 6.03 Å². The van der Waals surface area contributed by atoms with E-state index in [1.807, 2.05) is 0 Å². The Morgan fingerprint density at radius 2 is 2.22 bits per heavy atom. The molecule has 2 aromatic rings. The van der Waals surface area contributed by atoms with Crippen molar-refractivity contribution in [2.24, 2.45) is 0 Å². The van der Waals surface area contributed by atoms with Crippen LogP contribution in [0.25, 0.3) is 10.9 Å². The molecular formula is C17H19ClN4O4S. The predicted octanol–water partition coefficient (Wildman–Crippen LogP) is 1.73. The first-order chi connectivity index (χ1) is 13.0. The van der Waals surface area contributed by atoms with Gasteiger partial charge in [0.1, 0.15) is 0 Å². The van der Waals surface area contributed by atoms with Gasteiger partial charge in [-0.1, -0.05) is 23.4 Å². The Kier molecular flexibility index (Phi) is 6.35. The average molecular weight is 411 g/mol. The minimum absolute atomic E-state index is 0.0101. The van der Waals surface area contributed by atoms with E-state index < -0.39 is 6.03 Å². The van der Waals surface area contributed by atoms with Gasteiger partial charge in [0.25, 0.3) is 5.56 Å². The van der Waals surface area contributed by atoms with E-state index >= 15 is 0 Å². The molecule has 1 saturated heterocycles. The first-order valence-electron chi connectivity index (χ1n) is 8.41. The summed E-state index contributed by atoms with van der Waals surface area (Å²) in [5.41, 5.74) is 0.283. The van der Waals surface area contributed by atoms with Crippen LogP contribution in [0.2, 0.25) is 5.02 Å². The minimum atomic E-state index is -0.392. The lowest BCUT2D eigenvalue weighted by Gasteiger charge is -2.15. The lowest BCUT2D eigenvalue weighted by Crippen LogP contribution is -2.35. The topological polar surface area (TPSA) is 93.5 Å². The number of halogens is 1. The molecule has 1 aromatic carbocycles. The number of nitrogens with zero attached hydrogens (tertiary/aromatic N) is 3. The van der Waals surface area contributed by atoms with Crippen molar-refractivity contribution in [2.75, 3.05) is 32.6 Å². The number of nitrogens with one attached hydrogen (secondary N) is 1. The predicted molar refractivity (Wildman–Crippen MR) is 103 cm³/mol. The standard InChI is InChI=1S/C17H19ClN4O4S/c1-26-8-2-6-22-15(24)12-4-3-11(18)9-13(12)20-17(22)27-10-14(23)21-7-5-19-16(21)25/h3-4,9H,2,5-8,10H2,1H3,(H,19,25). The molecule has 3 rings (SSSR count). The van der Waals surface area contributed by atoms with Gasteiger partial charge in [-0.15, -0.1) is 0 Å². The first-order valence-corrected chi connectivity index (χ1v) is 9.77. The smallest absolute Gasteiger partial charge is 0.324 e. The number of carbonyl (C=O) groups excluding carboxylic acids is 2. The quantitative estimate of drug-likeness (QED) is 0.424. The van der Waals surface area contributed by atoms with Crippen molar-refractivity contribution in [2.45, 2.75) is 18.1 Å². The second-order valence-electron chi connectivity index (χ2n) is 5.92. The van der Waals surface area contributed by atoms with Crippen molar-refractivity contribution in [1.29, 1.82) is 0 Å². The van der Waals surface area contributed by atoms with Gasteiger partial charge in [0.15, 0.2) is 5.16 Å². The van der Waals surface area contributed by atoms with E-state index in [0.717, 1.165) is 16.7 Å². The van der Waals surface area contributed by atoms with Crippen LogP contribution in [0.3, 0.4) is 0 Å². The van der Waals surface area contributed by atoms with E-state index in [1.165, 1.54) is 4.57 Å². The maximum absolute atomic E-state index is 12.9. The Bertz CT molecular complexity index is 933. The second-order valence-corrected chi connectivity index (χ2v) is 7.30. The van der Waals surface area contributed by atoms with Crippen LogP contribution < -0.4 is 10.9 Å². The first kappa shape index (κ1) is 19.7. The van der Waals surface area contributed by atoms with Gasteiger partial charge in [-0.3, -0.25) is 19.1 Å². The van der Waals surface area contributed by atoms with Gasteiger partial charge in [0, 0.05) is 38.4 Å². The Hall–Kier alpha value is -2.10. The van der Waals surface area contributed by atoms with Gasteiger partial charge in [-0.05, 0) is 24.6 Å². The van der Waals surface area contributed by atoms with E-state index in [-0.39, 0.29) is 17.2 Å². The summed E-state index contributed by atoms with van der Waals surface area (Å²) in [6, 6.07) is 4.52. The monoisotopic (exact) mass is 410 g/mol. The number of fused-ring (bicyclic) bond motifs is 1. The van der Waals surface area contributed by atoms with Crippen LogP contribution in [0, 0.1) is 0 Å². The summed E-state index contributed by atoms with van der Waals surface area (Å²) in [5, 5.41) is 3.95. The van der Waals surface area contributed by atoms with Crippen LogP contribution in [0.1, 0.15) is 6.42 Å². The highest BCUT2D eigenvalue weighted by Crippen LogP contribution is 2.21. The molecule has 3 amide bonds. The number of aromatic nitrogens is 2. The molecule has 1 fully saturated rings. The zero-order valence-corrected chi connectivity index (χ0v) is 16.3. The average Bonchev–Trinajstić information content (AvgIpc) is 3.07. The Balaban J connectivity index is 1.88. The highest BCUT2D eigenvalue weighted by atomic mass is 35.5.